The molecule has 0 N–H and O–H groups in total. The Bertz CT molecular complexity index is 253. The SMILES string of the molecule is C#CCCOCc1cnccn1. The summed E-state index contributed by atoms with van der Waals surface area (Å²) in [7, 11) is 0. The van der Waals surface area contributed by atoms with Crippen LogP contribution in [0.5, 0.6) is 0 Å². The van der Waals surface area contributed by atoms with E-state index in [4.69, 9.17) is 11.2 Å². The van der Waals surface area contributed by atoms with Crippen LogP contribution < -0.4 is 0 Å². The van der Waals surface area contributed by atoms with Gasteiger partial charge in [-0.3, -0.25) is 9.97 Å². The number of nitrogens with zero attached hydrogens (tertiary/aromatic N) is 2. The molecule has 0 atom stereocenters. The molecule has 12 heavy (non-hydrogen) atoms. The van der Waals surface area contributed by atoms with E-state index in [0.29, 0.717) is 19.6 Å². The van der Waals surface area contributed by atoms with Crippen molar-refractivity contribution in [2.45, 2.75) is 13.0 Å². The first kappa shape index (κ1) is 8.69. The van der Waals surface area contributed by atoms with E-state index in [-0.39, 0.29) is 0 Å². The van der Waals surface area contributed by atoms with Gasteiger partial charge in [0.25, 0.3) is 0 Å². The van der Waals surface area contributed by atoms with E-state index in [9.17, 15) is 0 Å². The standard InChI is InChI=1S/C9H10N2O/c1-2-3-6-12-8-9-7-10-4-5-11-9/h1,4-5,7H,3,6,8H2. The Morgan fingerprint density at radius 1 is 1.50 bits per heavy atom. The van der Waals surface area contributed by atoms with Crippen molar-refractivity contribution in [1.82, 2.24) is 9.97 Å². The van der Waals surface area contributed by atoms with E-state index in [1.165, 1.54) is 0 Å². The third-order valence-electron chi connectivity index (χ3n) is 1.26. The topological polar surface area (TPSA) is 35.0 Å². The molecule has 0 amide bonds. The van der Waals surface area contributed by atoms with Crippen molar-refractivity contribution in [3.8, 4) is 12.3 Å². The highest BCUT2D eigenvalue weighted by Gasteiger charge is 1.91. The zero-order valence-electron chi connectivity index (χ0n) is 6.73. The molecule has 3 heteroatoms. The summed E-state index contributed by atoms with van der Waals surface area (Å²) >= 11 is 0. The van der Waals surface area contributed by atoms with Gasteiger partial charge in [0.05, 0.1) is 25.1 Å². The first-order chi connectivity index (χ1) is 5.93. The second-order valence-electron chi connectivity index (χ2n) is 2.20. The maximum Gasteiger partial charge on any atom is 0.0903 e. The average Bonchev–Trinajstić information content (AvgIpc) is 2.14. The normalized spacial score (nSPS) is 9.25. The number of hydrogen-bond donors (Lipinski definition) is 0. The van der Waals surface area contributed by atoms with Gasteiger partial charge in [-0.15, -0.1) is 12.3 Å². The fourth-order valence-corrected chi connectivity index (χ4v) is 0.712. The Balaban J connectivity index is 2.21. The van der Waals surface area contributed by atoms with Gasteiger partial charge in [0, 0.05) is 18.8 Å². The fourth-order valence-electron chi connectivity index (χ4n) is 0.712. The summed E-state index contributed by atoms with van der Waals surface area (Å²) in [5, 5.41) is 0. The first-order valence-corrected chi connectivity index (χ1v) is 3.69. The molecule has 0 saturated carbocycles. The van der Waals surface area contributed by atoms with Gasteiger partial charge in [-0.1, -0.05) is 0 Å². The highest BCUT2D eigenvalue weighted by Crippen LogP contribution is 1.93. The van der Waals surface area contributed by atoms with Gasteiger partial charge in [-0.05, 0) is 0 Å². The van der Waals surface area contributed by atoms with Crippen molar-refractivity contribution in [3.05, 3.63) is 24.3 Å². The van der Waals surface area contributed by atoms with E-state index < -0.39 is 0 Å². The van der Waals surface area contributed by atoms with E-state index in [0.717, 1.165) is 5.69 Å². The Labute approximate surface area is 71.8 Å². The average molecular weight is 162 g/mol. The molecule has 0 aliphatic carbocycles. The number of rotatable bonds is 4. The Hall–Kier alpha value is -1.40. The summed E-state index contributed by atoms with van der Waals surface area (Å²) in [5.74, 6) is 2.49. The minimum atomic E-state index is 0.482. The molecular formula is C9H10N2O. The third kappa shape index (κ3) is 3.13. The molecule has 1 heterocycles. The molecule has 0 aliphatic heterocycles. The summed E-state index contributed by atoms with van der Waals surface area (Å²) in [6.45, 7) is 1.06. The lowest BCUT2D eigenvalue weighted by Crippen LogP contribution is -1.96. The van der Waals surface area contributed by atoms with Gasteiger partial charge in [-0.2, -0.15) is 0 Å². The molecule has 1 rings (SSSR count). The largest absolute Gasteiger partial charge is 0.374 e. The van der Waals surface area contributed by atoms with Gasteiger partial charge < -0.3 is 4.74 Å². The van der Waals surface area contributed by atoms with Crippen LogP contribution in [0.25, 0.3) is 0 Å². The number of terminal acetylenes is 1. The van der Waals surface area contributed by atoms with Crippen molar-refractivity contribution in [2.24, 2.45) is 0 Å². The quantitative estimate of drug-likeness (QED) is 0.489. The van der Waals surface area contributed by atoms with Crippen LogP contribution in [-0.4, -0.2) is 16.6 Å². The molecule has 0 aliphatic rings. The molecule has 0 fully saturated rings. The molecule has 0 spiro atoms. The van der Waals surface area contributed by atoms with Gasteiger partial charge in [-0.25, -0.2) is 0 Å². The molecule has 1 aromatic rings. The van der Waals surface area contributed by atoms with Gasteiger partial charge >= 0.3 is 0 Å². The maximum atomic E-state index is 5.22. The van der Waals surface area contributed by atoms with Crippen molar-refractivity contribution in [3.63, 3.8) is 0 Å². The second-order valence-corrected chi connectivity index (χ2v) is 2.20. The third-order valence-corrected chi connectivity index (χ3v) is 1.26. The molecule has 62 valence electrons. The molecule has 1 aromatic heterocycles. The van der Waals surface area contributed by atoms with Crippen LogP contribution >= 0.6 is 0 Å². The minimum absolute atomic E-state index is 0.482. The number of ether oxygens (including phenoxy) is 1. The summed E-state index contributed by atoms with van der Waals surface area (Å²) in [6.07, 6.45) is 10.6. The maximum absolute atomic E-state index is 5.22. The van der Waals surface area contributed by atoms with Crippen LogP contribution in [-0.2, 0) is 11.3 Å². The summed E-state index contributed by atoms with van der Waals surface area (Å²) in [5.41, 5.74) is 0.828. The van der Waals surface area contributed by atoms with Crippen LogP contribution in [0.3, 0.4) is 0 Å². The molecule has 0 aromatic carbocycles. The molecule has 0 saturated heterocycles. The molecular weight excluding hydrogens is 152 g/mol. The van der Waals surface area contributed by atoms with Crippen molar-refractivity contribution >= 4 is 0 Å². The predicted octanol–water partition coefficient (Wildman–Crippen LogP) is 1.02. The number of aromatic nitrogens is 2. The molecule has 0 unspecified atom stereocenters. The molecule has 0 bridgehead atoms. The monoisotopic (exact) mass is 162 g/mol. The van der Waals surface area contributed by atoms with Crippen molar-refractivity contribution in [2.75, 3.05) is 6.61 Å². The lowest BCUT2D eigenvalue weighted by atomic mass is 10.4. The van der Waals surface area contributed by atoms with Crippen molar-refractivity contribution in [1.29, 1.82) is 0 Å². The van der Waals surface area contributed by atoms with Crippen LogP contribution in [0.2, 0.25) is 0 Å². The summed E-state index contributed by atoms with van der Waals surface area (Å²) in [6, 6.07) is 0. The molecule has 3 nitrogen and oxygen atoms in total. The predicted molar refractivity (Wildman–Crippen MR) is 45.1 cm³/mol. The van der Waals surface area contributed by atoms with Crippen LogP contribution in [0.15, 0.2) is 18.6 Å². The van der Waals surface area contributed by atoms with Crippen LogP contribution in [0.1, 0.15) is 12.1 Å². The van der Waals surface area contributed by atoms with Crippen LogP contribution in [0, 0.1) is 12.3 Å². The summed E-state index contributed by atoms with van der Waals surface area (Å²) in [4.78, 5) is 7.94. The Kier molecular flexibility index (Phi) is 3.82. The van der Waals surface area contributed by atoms with E-state index >= 15 is 0 Å². The van der Waals surface area contributed by atoms with E-state index in [1.54, 1.807) is 18.6 Å². The lowest BCUT2D eigenvalue weighted by molar-refractivity contribution is 0.123. The smallest absolute Gasteiger partial charge is 0.0903 e. The highest BCUT2D eigenvalue weighted by molar-refractivity contribution is 4.92. The molecule has 0 radical (unpaired) electrons. The van der Waals surface area contributed by atoms with Gasteiger partial charge in [0.1, 0.15) is 0 Å². The second kappa shape index (κ2) is 5.28. The Morgan fingerprint density at radius 3 is 3.08 bits per heavy atom. The van der Waals surface area contributed by atoms with Gasteiger partial charge in [0.15, 0.2) is 0 Å². The zero-order chi connectivity index (χ0) is 8.65. The lowest BCUT2D eigenvalue weighted by Gasteiger charge is -1.99. The van der Waals surface area contributed by atoms with Crippen LogP contribution in [0.4, 0.5) is 0 Å². The highest BCUT2D eigenvalue weighted by atomic mass is 16.5. The Morgan fingerprint density at radius 2 is 2.42 bits per heavy atom. The zero-order valence-corrected chi connectivity index (χ0v) is 6.73. The van der Waals surface area contributed by atoms with Crippen molar-refractivity contribution < 1.29 is 4.74 Å². The fraction of sp³-hybridized carbons (Fsp3) is 0.333. The summed E-state index contributed by atoms with van der Waals surface area (Å²) < 4.78 is 5.22. The first-order valence-electron chi connectivity index (χ1n) is 3.69. The minimum Gasteiger partial charge on any atom is -0.374 e. The van der Waals surface area contributed by atoms with Gasteiger partial charge in [0.2, 0.25) is 0 Å². The number of hydrogen-bond acceptors (Lipinski definition) is 3. The van der Waals surface area contributed by atoms with E-state index in [1.807, 2.05) is 0 Å². The van der Waals surface area contributed by atoms with E-state index in [2.05, 4.69) is 15.9 Å².